The number of likely N-dealkylation sites (N-methyl/N-ethyl adjacent to an activating group) is 1. The fourth-order valence-corrected chi connectivity index (χ4v) is 5.34. The maximum absolute atomic E-state index is 13.1. The van der Waals surface area contributed by atoms with Gasteiger partial charge in [-0.3, -0.25) is 4.79 Å². The summed E-state index contributed by atoms with van der Waals surface area (Å²) in [7, 11) is -2.37. The summed E-state index contributed by atoms with van der Waals surface area (Å²) in [4.78, 5) is 18.0. The zero-order valence-corrected chi connectivity index (χ0v) is 21.5. The first-order valence-electron chi connectivity index (χ1n) is 11.7. The molecule has 2 aromatic rings. The molecule has 0 saturated carbocycles. The van der Waals surface area contributed by atoms with E-state index in [2.05, 4.69) is 32.8 Å². The molecule has 186 valence electrons. The predicted octanol–water partition coefficient (Wildman–Crippen LogP) is 3.09. The summed E-state index contributed by atoms with van der Waals surface area (Å²) in [5.41, 5.74) is 2.74. The lowest BCUT2D eigenvalue weighted by Crippen LogP contribution is -2.47. The summed E-state index contributed by atoms with van der Waals surface area (Å²) < 4.78 is 33.4. The van der Waals surface area contributed by atoms with Crippen LogP contribution in [0.5, 0.6) is 5.75 Å². The monoisotopic (exact) mass is 488 g/mol. The molecule has 1 aliphatic heterocycles. The van der Waals surface area contributed by atoms with Crippen LogP contribution < -0.4 is 19.7 Å². The van der Waals surface area contributed by atoms with E-state index in [0.29, 0.717) is 11.4 Å². The van der Waals surface area contributed by atoms with Gasteiger partial charge in [0.15, 0.2) is 0 Å². The Morgan fingerprint density at radius 3 is 2.24 bits per heavy atom. The highest BCUT2D eigenvalue weighted by Gasteiger charge is 2.29. The van der Waals surface area contributed by atoms with Gasteiger partial charge in [0.1, 0.15) is 11.8 Å². The highest BCUT2D eigenvalue weighted by Crippen LogP contribution is 2.25. The molecule has 1 aliphatic rings. The van der Waals surface area contributed by atoms with Crippen molar-refractivity contribution >= 4 is 27.3 Å². The molecule has 8 nitrogen and oxygen atoms in total. The zero-order chi connectivity index (χ0) is 24.9. The standard InChI is InChI=1S/C25H36N4O4S/c1-6-28-13-15-29(16-14-28)20-7-12-23(19(4)17-20)26-25(30)24(18(2)3)27-34(31,32)22-10-8-21(33-5)9-11-22/h7-12,17-18,24,27H,6,13-16H2,1-5H3,(H,26,30)/t24-/m0/s1. The van der Waals surface area contributed by atoms with E-state index in [9.17, 15) is 13.2 Å². The van der Waals surface area contributed by atoms with Gasteiger partial charge in [-0.1, -0.05) is 20.8 Å². The molecule has 0 aromatic heterocycles. The number of carbonyl (C=O) groups excluding carboxylic acids is 1. The first-order valence-corrected chi connectivity index (χ1v) is 13.2. The average Bonchev–Trinajstić information content (AvgIpc) is 2.83. The van der Waals surface area contributed by atoms with Crippen molar-refractivity contribution in [3.05, 3.63) is 48.0 Å². The van der Waals surface area contributed by atoms with Gasteiger partial charge >= 0.3 is 0 Å². The molecule has 0 aliphatic carbocycles. The molecule has 9 heteroatoms. The molecule has 1 saturated heterocycles. The normalized spacial score (nSPS) is 15.9. The molecule has 3 rings (SSSR count). The van der Waals surface area contributed by atoms with Crippen LogP contribution in [-0.2, 0) is 14.8 Å². The minimum atomic E-state index is -3.88. The molecule has 0 unspecified atom stereocenters. The minimum Gasteiger partial charge on any atom is -0.497 e. The van der Waals surface area contributed by atoms with Crippen LogP contribution in [0.2, 0.25) is 0 Å². The molecule has 0 radical (unpaired) electrons. The quantitative estimate of drug-likeness (QED) is 0.564. The van der Waals surface area contributed by atoms with E-state index in [1.54, 1.807) is 12.1 Å². The predicted molar refractivity (Wildman–Crippen MR) is 136 cm³/mol. The van der Waals surface area contributed by atoms with Gasteiger partial charge in [-0.15, -0.1) is 0 Å². The Kier molecular flexibility index (Phi) is 8.57. The molecule has 1 atom stereocenters. The van der Waals surface area contributed by atoms with E-state index >= 15 is 0 Å². The van der Waals surface area contributed by atoms with Gasteiger partial charge in [-0.2, -0.15) is 4.72 Å². The van der Waals surface area contributed by atoms with Crippen molar-refractivity contribution in [3.8, 4) is 5.75 Å². The van der Waals surface area contributed by atoms with Gasteiger partial charge in [0.2, 0.25) is 15.9 Å². The SMILES string of the molecule is CCN1CCN(c2ccc(NC(=O)[C@@H](NS(=O)(=O)c3ccc(OC)cc3)C(C)C)c(C)c2)CC1. The number of carbonyl (C=O) groups is 1. The molecular weight excluding hydrogens is 452 g/mol. The molecule has 2 N–H and O–H groups in total. The first kappa shape index (κ1) is 26.0. The first-order chi connectivity index (χ1) is 16.1. The number of hydrogen-bond acceptors (Lipinski definition) is 6. The maximum Gasteiger partial charge on any atom is 0.242 e. The summed E-state index contributed by atoms with van der Waals surface area (Å²) in [6.07, 6.45) is 0. The van der Waals surface area contributed by atoms with Gasteiger partial charge in [0.25, 0.3) is 0 Å². The Morgan fingerprint density at radius 1 is 1.06 bits per heavy atom. The van der Waals surface area contributed by atoms with Crippen LogP contribution in [0.1, 0.15) is 26.3 Å². The minimum absolute atomic E-state index is 0.0791. The molecule has 34 heavy (non-hydrogen) atoms. The van der Waals surface area contributed by atoms with E-state index < -0.39 is 16.1 Å². The number of anilines is 2. The van der Waals surface area contributed by atoms with Crippen LogP contribution in [0.25, 0.3) is 0 Å². The fourth-order valence-electron chi connectivity index (χ4n) is 4.00. The second-order valence-corrected chi connectivity index (χ2v) is 10.6. The highest BCUT2D eigenvalue weighted by atomic mass is 32.2. The molecule has 0 spiro atoms. The van der Waals surface area contributed by atoms with Crippen molar-refractivity contribution in [2.45, 2.75) is 38.6 Å². The highest BCUT2D eigenvalue weighted by molar-refractivity contribution is 7.89. The Balaban J connectivity index is 1.70. The smallest absolute Gasteiger partial charge is 0.242 e. The number of rotatable bonds is 9. The number of nitrogens with one attached hydrogen (secondary N) is 2. The van der Waals surface area contributed by atoms with Gasteiger partial charge in [0, 0.05) is 37.6 Å². The summed E-state index contributed by atoms with van der Waals surface area (Å²) in [5.74, 6) is -0.0785. The van der Waals surface area contributed by atoms with Gasteiger partial charge in [-0.25, -0.2) is 8.42 Å². The van der Waals surface area contributed by atoms with Crippen molar-refractivity contribution in [1.29, 1.82) is 0 Å². The van der Waals surface area contributed by atoms with Crippen LogP contribution in [0, 0.1) is 12.8 Å². The van der Waals surface area contributed by atoms with Crippen LogP contribution in [0.4, 0.5) is 11.4 Å². The van der Waals surface area contributed by atoms with Crippen molar-refractivity contribution in [2.24, 2.45) is 5.92 Å². The van der Waals surface area contributed by atoms with Crippen molar-refractivity contribution < 1.29 is 17.9 Å². The Hall–Kier alpha value is -2.62. The largest absolute Gasteiger partial charge is 0.497 e. The summed E-state index contributed by atoms with van der Waals surface area (Å²) >= 11 is 0. The molecular formula is C25H36N4O4S. The second-order valence-electron chi connectivity index (χ2n) is 8.93. The molecule has 0 bridgehead atoms. The number of nitrogens with zero attached hydrogens (tertiary/aromatic N) is 2. The lowest BCUT2D eigenvalue weighted by Gasteiger charge is -2.35. The third kappa shape index (κ3) is 6.28. The van der Waals surface area contributed by atoms with Crippen LogP contribution in [0.3, 0.4) is 0 Å². The average molecular weight is 489 g/mol. The number of piperazine rings is 1. The number of amides is 1. The fraction of sp³-hybridized carbons (Fsp3) is 0.480. The van der Waals surface area contributed by atoms with Gasteiger partial charge in [-0.05, 0) is 67.4 Å². The number of methoxy groups -OCH3 is 1. The van der Waals surface area contributed by atoms with E-state index in [4.69, 9.17) is 4.74 Å². The van der Waals surface area contributed by atoms with Crippen molar-refractivity contribution in [2.75, 3.05) is 50.1 Å². The van der Waals surface area contributed by atoms with E-state index in [-0.39, 0.29) is 16.7 Å². The number of hydrogen-bond donors (Lipinski definition) is 2. The second kappa shape index (κ2) is 11.2. The molecule has 1 fully saturated rings. The Bertz CT molecular complexity index is 1080. The van der Waals surface area contributed by atoms with Crippen molar-refractivity contribution in [3.63, 3.8) is 0 Å². The Labute approximate surface area is 203 Å². The maximum atomic E-state index is 13.1. The van der Waals surface area contributed by atoms with Gasteiger partial charge < -0.3 is 19.9 Å². The topological polar surface area (TPSA) is 91.0 Å². The molecule has 1 heterocycles. The summed E-state index contributed by atoms with van der Waals surface area (Å²) in [6.45, 7) is 12.8. The Morgan fingerprint density at radius 2 is 1.71 bits per heavy atom. The van der Waals surface area contributed by atoms with Crippen LogP contribution in [-0.4, -0.2) is 65.1 Å². The van der Waals surface area contributed by atoms with Crippen molar-refractivity contribution in [1.82, 2.24) is 9.62 Å². The summed E-state index contributed by atoms with van der Waals surface area (Å²) in [5, 5.41) is 2.92. The molecule has 2 aromatic carbocycles. The number of sulfonamides is 1. The molecule has 1 amide bonds. The summed E-state index contributed by atoms with van der Waals surface area (Å²) in [6, 6.07) is 11.1. The van der Waals surface area contributed by atoms with E-state index in [1.165, 1.54) is 19.2 Å². The third-order valence-electron chi connectivity index (χ3n) is 6.25. The van der Waals surface area contributed by atoms with Gasteiger partial charge in [0.05, 0.1) is 12.0 Å². The third-order valence-corrected chi connectivity index (χ3v) is 7.71. The lowest BCUT2D eigenvalue weighted by atomic mass is 10.0. The van der Waals surface area contributed by atoms with Crippen LogP contribution in [0.15, 0.2) is 47.4 Å². The number of ether oxygens (including phenoxy) is 1. The van der Waals surface area contributed by atoms with E-state index in [0.717, 1.165) is 44.0 Å². The number of benzene rings is 2. The lowest BCUT2D eigenvalue weighted by molar-refractivity contribution is -0.118. The number of aryl methyl sites for hydroxylation is 1. The zero-order valence-electron chi connectivity index (χ0n) is 20.7. The van der Waals surface area contributed by atoms with Crippen LogP contribution >= 0.6 is 0 Å². The van der Waals surface area contributed by atoms with E-state index in [1.807, 2.05) is 32.9 Å².